The maximum atomic E-state index is 13.4. The lowest BCUT2D eigenvalue weighted by atomic mass is 9.93. The number of hydrogen-bond donors (Lipinski definition) is 3. The highest BCUT2D eigenvalue weighted by atomic mass is 19.4. The van der Waals surface area contributed by atoms with Crippen molar-refractivity contribution in [1.29, 1.82) is 0 Å². The first kappa shape index (κ1) is 24.7. The Morgan fingerprint density at radius 2 is 2.14 bits per heavy atom. The van der Waals surface area contributed by atoms with E-state index >= 15 is 0 Å². The molecule has 3 aromatic heterocycles. The van der Waals surface area contributed by atoms with Crippen molar-refractivity contribution in [3.05, 3.63) is 41.9 Å². The molecule has 0 spiro atoms. The molecular weight excluding hydrogens is 465 g/mol. The van der Waals surface area contributed by atoms with Crippen molar-refractivity contribution >= 4 is 34.3 Å². The molecule has 1 amide bonds. The van der Waals surface area contributed by atoms with Gasteiger partial charge in [0.25, 0.3) is 5.91 Å². The predicted molar refractivity (Wildman–Crippen MR) is 125 cm³/mol. The van der Waals surface area contributed by atoms with Crippen LogP contribution >= 0.6 is 0 Å². The third-order valence-electron chi connectivity index (χ3n) is 5.99. The Balaban J connectivity index is 1.58. The maximum absolute atomic E-state index is 13.4. The number of hydrogen-bond acceptors (Lipinski definition) is 8. The lowest BCUT2D eigenvalue weighted by Crippen LogP contribution is -2.51. The predicted octanol–water partition coefficient (Wildman–Crippen LogP) is 3.35. The molecule has 0 aliphatic carbocycles. The summed E-state index contributed by atoms with van der Waals surface area (Å²) in [5.74, 6) is -2.29. The van der Waals surface area contributed by atoms with Crippen LogP contribution in [0.1, 0.15) is 28.8 Å². The number of nitrogens with zero attached hydrogens (tertiary/aromatic N) is 3. The van der Waals surface area contributed by atoms with Crippen molar-refractivity contribution in [1.82, 2.24) is 9.97 Å². The molecule has 35 heavy (non-hydrogen) atoms. The number of aromatic nitrogens is 2. The molecule has 0 aromatic carbocycles. The molecule has 188 valence electrons. The zero-order chi connectivity index (χ0) is 25.2. The van der Waals surface area contributed by atoms with Crippen molar-refractivity contribution in [2.45, 2.75) is 31.5 Å². The molecule has 5 N–H and O–H groups in total. The number of carbonyl (C=O) groups excluding carboxylic acids is 1. The summed E-state index contributed by atoms with van der Waals surface area (Å²) in [6, 6.07) is 2.65. The first-order valence-electron chi connectivity index (χ1n) is 11.2. The summed E-state index contributed by atoms with van der Waals surface area (Å²) >= 11 is 0. The molecule has 0 radical (unpaired) electrons. The van der Waals surface area contributed by atoms with Gasteiger partial charge in [-0.3, -0.25) is 14.8 Å². The summed E-state index contributed by atoms with van der Waals surface area (Å²) in [5, 5.41) is 2.71. The largest absolute Gasteiger partial charge is 0.438 e. The second kappa shape index (κ2) is 10.1. The number of pyridine rings is 2. The minimum absolute atomic E-state index is 0.0433. The lowest BCUT2D eigenvalue weighted by Gasteiger charge is -2.39. The van der Waals surface area contributed by atoms with Crippen LogP contribution in [-0.2, 0) is 11.2 Å². The summed E-state index contributed by atoms with van der Waals surface area (Å²) in [4.78, 5) is 23.1. The number of piperidine rings is 1. The van der Waals surface area contributed by atoms with Crippen LogP contribution in [0, 0.1) is 5.92 Å². The fourth-order valence-corrected chi connectivity index (χ4v) is 4.33. The minimum Gasteiger partial charge on any atom is -0.438 e. The molecule has 4 rings (SSSR count). The van der Waals surface area contributed by atoms with Crippen LogP contribution in [0.4, 0.5) is 30.4 Å². The van der Waals surface area contributed by atoms with Crippen molar-refractivity contribution in [2.75, 3.05) is 42.8 Å². The van der Waals surface area contributed by atoms with E-state index in [0.717, 1.165) is 18.4 Å². The lowest BCUT2D eigenvalue weighted by molar-refractivity contribution is -0.177. The van der Waals surface area contributed by atoms with Crippen LogP contribution < -0.4 is 21.7 Å². The summed E-state index contributed by atoms with van der Waals surface area (Å²) in [5.41, 5.74) is 14.1. The highest BCUT2D eigenvalue weighted by Crippen LogP contribution is 2.37. The molecular formula is C23H27F3N6O3. The van der Waals surface area contributed by atoms with E-state index in [4.69, 9.17) is 20.6 Å². The van der Waals surface area contributed by atoms with E-state index in [2.05, 4.69) is 15.3 Å². The highest BCUT2D eigenvalue weighted by molar-refractivity contribution is 6.15. The number of fused-ring (bicyclic) bond motifs is 1. The average molecular weight is 493 g/mol. The number of alkyl halides is 3. The Morgan fingerprint density at radius 1 is 1.34 bits per heavy atom. The third kappa shape index (κ3) is 5.49. The maximum Gasteiger partial charge on any atom is 0.393 e. The number of furan rings is 1. The van der Waals surface area contributed by atoms with E-state index in [-0.39, 0.29) is 42.2 Å². The van der Waals surface area contributed by atoms with Crippen LogP contribution in [0.2, 0.25) is 0 Å². The van der Waals surface area contributed by atoms with Crippen LogP contribution in [0.25, 0.3) is 11.1 Å². The number of anilines is 3. The summed E-state index contributed by atoms with van der Waals surface area (Å²) in [6.07, 6.45) is 1.46. The van der Waals surface area contributed by atoms with Crippen molar-refractivity contribution in [3.8, 4) is 0 Å². The molecule has 0 saturated carbocycles. The van der Waals surface area contributed by atoms with E-state index in [1.54, 1.807) is 25.4 Å². The Kier molecular flexibility index (Phi) is 7.13. The fourth-order valence-electron chi connectivity index (χ4n) is 4.33. The van der Waals surface area contributed by atoms with Crippen molar-refractivity contribution in [3.63, 3.8) is 0 Å². The Hall–Kier alpha value is -3.38. The van der Waals surface area contributed by atoms with Gasteiger partial charge in [0.2, 0.25) is 5.88 Å². The van der Waals surface area contributed by atoms with Gasteiger partial charge in [-0.2, -0.15) is 13.2 Å². The number of methoxy groups -OCH3 is 1. The number of nitrogens with one attached hydrogen (secondary N) is 1. The molecule has 4 heterocycles. The third-order valence-corrected chi connectivity index (χ3v) is 5.99. The number of carbonyl (C=O) groups is 1. The molecule has 3 aromatic rings. The number of halogens is 3. The van der Waals surface area contributed by atoms with Gasteiger partial charge in [-0.1, -0.05) is 0 Å². The standard InChI is InChI=1S/C23H27F3N6O3/c1-34-6-2-3-13-7-18-20(30-9-13)19(21(28)35-18)22(33)31-16-10-29-5-4-17(16)32-11-14(23(24,25)26)8-15(27)12-32/h4-5,7,9-10,14-15H,2-3,6,8,11-12,27-28H2,1H3,(H,31,33)/t14-,15+/m1/s1. The normalized spacial score (nSPS) is 18.7. The van der Waals surface area contributed by atoms with E-state index < -0.39 is 24.0 Å². The van der Waals surface area contributed by atoms with Gasteiger partial charge < -0.3 is 30.8 Å². The number of nitrogen functional groups attached to an aromatic ring is 1. The molecule has 1 fully saturated rings. The zero-order valence-electron chi connectivity index (χ0n) is 19.1. The zero-order valence-corrected chi connectivity index (χ0v) is 19.1. The van der Waals surface area contributed by atoms with Gasteiger partial charge in [0, 0.05) is 45.2 Å². The molecule has 0 unspecified atom stereocenters. The monoisotopic (exact) mass is 492 g/mol. The first-order chi connectivity index (χ1) is 16.7. The minimum atomic E-state index is -4.37. The Bertz CT molecular complexity index is 1200. The van der Waals surface area contributed by atoms with E-state index in [0.29, 0.717) is 17.9 Å². The second-order valence-corrected chi connectivity index (χ2v) is 8.61. The first-order valence-corrected chi connectivity index (χ1v) is 11.2. The van der Waals surface area contributed by atoms with E-state index in [1.807, 2.05) is 0 Å². The number of rotatable bonds is 7. The molecule has 1 aliphatic heterocycles. The highest BCUT2D eigenvalue weighted by Gasteiger charge is 2.44. The van der Waals surface area contributed by atoms with Gasteiger partial charge in [-0.15, -0.1) is 0 Å². The number of nitrogens with two attached hydrogens (primary N) is 2. The summed E-state index contributed by atoms with van der Waals surface area (Å²) < 4.78 is 50.8. The van der Waals surface area contributed by atoms with Crippen LogP contribution in [0.5, 0.6) is 0 Å². The summed E-state index contributed by atoms with van der Waals surface area (Å²) in [7, 11) is 1.63. The average Bonchev–Trinajstić information content (AvgIpc) is 3.13. The molecule has 1 saturated heterocycles. The van der Waals surface area contributed by atoms with Gasteiger partial charge >= 0.3 is 6.18 Å². The summed E-state index contributed by atoms with van der Waals surface area (Å²) in [6.45, 7) is 0.545. The quantitative estimate of drug-likeness (QED) is 0.428. The van der Waals surface area contributed by atoms with E-state index in [1.165, 1.54) is 17.3 Å². The Labute approximate surface area is 199 Å². The van der Waals surface area contributed by atoms with Crippen molar-refractivity contribution in [2.24, 2.45) is 11.7 Å². The van der Waals surface area contributed by atoms with Gasteiger partial charge in [-0.05, 0) is 37.0 Å². The molecule has 1 aliphatic rings. The molecule has 9 nitrogen and oxygen atoms in total. The fraction of sp³-hybridized carbons (Fsp3) is 0.435. The second-order valence-electron chi connectivity index (χ2n) is 8.61. The van der Waals surface area contributed by atoms with Crippen molar-refractivity contribution < 1.29 is 27.1 Å². The topological polar surface area (TPSA) is 133 Å². The number of amides is 1. The SMILES string of the molecule is COCCCc1cnc2c(C(=O)Nc3cnccc3N3C[C@@H](N)C[C@@H](C(F)(F)F)C3)c(N)oc2c1. The number of aryl methyl sites for hydroxylation is 1. The molecule has 12 heteroatoms. The number of ether oxygens (including phenoxy) is 1. The van der Waals surface area contributed by atoms with E-state index in [9.17, 15) is 18.0 Å². The van der Waals surface area contributed by atoms with Crippen LogP contribution in [0.15, 0.2) is 35.1 Å². The van der Waals surface area contributed by atoms with Gasteiger partial charge in [0.05, 0.1) is 23.5 Å². The smallest absolute Gasteiger partial charge is 0.393 e. The van der Waals surface area contributed by atoms with Gasteiger partial charge in [0.1, 0.15) is 11.1 Å². The van der Waals surface area contributed by atoms with Crippen LogP contribution in [-0.4, -0.2) is 54.9 Å². The van der Waals surface area contributed by atoms with Gasteiger partial charge in [0.15, 0.2) is 5.58 Å². The van der Waals surface area contributed by atoms with Crippen LogP contribution in [0.3, 0.4) is 0 Å². The van der Waals surface area contributed by atoms with Gasteiger partial charge in [-0.25, -0.2) is 0 Å². The molecule has 0 bridgehead atoms. The molecule has 2 atom stereocenters. The Morgan fingerprint density at radius 3 is 2.89 bits per heavy atom.